The maximum absolute atomic E-state index is 5.74. The molecule has 2 heteroatoms. The fourth-order valence-corrected chi connectivity index (χ4v) is 3.13. The Morgan fingerprint density at radius 1 is 1.12 bits per heavy atom. The third-order valence-electron chi connectivity index (χ3n) is 4.06. The minimum atomic E-state index is 0.412. The molecule has 0 amide bonds. The van der Waals surface area contributed by atoms with Crippen molar-refractivity contribution in [1.82, 2.24) is 5.32 Å². The second kappa shape index (κ2) is 8.93. The number of ether oxygens (including phenoxy) is 1. The molecule has 1 aliphatic carbocycles. The summed E-state index contributed by atoms with van der Waals surface area (Å²) in [6.45, 7) is 5.63. The van der Waals surface area contributed by atoms with Crippen molar-refractivity contribution in [3.8, 4) is 0 Å². The maximum atomic E-state index is 5.74. The molecule has 0 radical (unpaired) electrons. The summed E-state index contributed by atoms with van der Waals surface area (Å²) in [7, 11) is 1.88. The van der Waals surface area contributed by atoms with Crippen molar-refractivity contribution < 1.29 is 4.74 Å². The summed E-state index contributed by atoms with van der Waals surface area (Å²) in [5.41, 5.74) is 0. The summed E-state index contributed by atoms with van der Waals surface area (Å²) in [5.74, 6) is 0.840. The summed E-state index contributed by atoms with van der Waals surface area (Å²) >= 11 is 0. The van der Waals surface area contributed by atoms with Crippen molar-refractivity contribution in [1.29, 1.82) is 0 Å². The van der Waals surface area contributed by atoms with Gasteiger partial charge in [-0.25, -0.2) is 0 Å². The van der Waals surface area contributed by atoms with Crippen molar-refractivity contribution in [2.45, 2.75) is 77.4 Å². The molecule has 1 N–H and O–H groups in total. The van der Waals surface area contributed by atoms with Gasteiger partial charge in [-0.05, 0) is 38.1 Å². The third-order valence-corrected chi connectivity index (χ3v) is 4.06. The Balaban J connectivity index is 2.55. The summed E-state index contributed by atoms with van der Waals surface area (Å²) in [5, 5.41) is 3.75. The van der Waals surface area contributed by atoms with Gasteiger partial charge in [0.1, 0.15) is 0 Å². The Labute approximate surface area is 108 Å². The van der Waals surface area contributed by atoms with E-state index in [0.29, 0.717) is 12.1 Å². The normalized spacial score (nSPS) is 21.4. The van der Waals surface area contributed by atoms with Crippen LogP contribution in [0.5, 0.6) is 0 Å². The smallest absolute Gasteiger partial charge is 0.0726 e. The van der Waals surface area contributed by atoms with E-state index in [2.05, 4.69) is 19.2 Å². The van der Waals surface area contributed by atoms with E-state index in [1.807, 2.05) is 7.11 Å². The molecule has 0 bridgehead atoms. The molecule has 1 fully saturated rings. The number of rotatable bonds is 8. The molecule has 0 aliphatic heterocycles. The summed E-state index contributed by atoms with van der Waals surface area (Å²) < 4.78 is 5.74. The van der Waals surface area contributed by atoms with Gasteiger partial charge < -0.3 is 10.1 Å². The molecule has 102 valence electrons. The monoisotopic (exact) mass is 241 g/mol. The van der Waals surface area contributed by atoms with Crippen molar-refractivity contribution in [3.05, 3.63) is 0 Å². The van der Waals surface area contributed by atoms with Crippen LogP contribution in [0.15, 0.2) is 0 Å². The van der Waals surface area contributed by atoms with Gasteiger partial charge in [-0.15, -0.1) is 0 Å². The fraction of sp³-hybridized carbons (Fsp3) is 1.00. The highest BCUT2D eigenvalue weighted by Gasteiger charge is 2.29. The molecule has 1 aliphatic rings. The van der Waals surface area contributed by atoms with Crippen LogP contribution >= 0.6 is 0 Å². The van der Waals surface area contributed by atoms with Gasteiger partial charge >= 0.3 is 0 Å². The fourth-order valence-electron chi connectivity index (χ4n) is 3.13. The number of nitrogens with one attached hydrogen (secondary N) is 1. The lowest BCUT2D eigenvalue weighted by atomic mass is 9.81. The van der Waals surface area contributed by atoms with Crippen LogP contribution in [0.3, 0.4) is 0 Å². The molecule has 2 nitrogen and oxygen atoms in total. The Kier molecular flexibility index (Phi) is 7.87. The first kappa shape index (κ1) is 15.0. The van der Waals surface area contributed by atoms with E-state index >= 15 is 0 Å². The van der Waals surface area contributed by atoms with Crippen LogP contribution in [0.25, 0.3) is 0 Å². The van der Waals surface area contributed by atoms with Crippen LogP contribution in [-0.2, 0) is 4.74 Å². The molecule has 1 rings (SSSR count). The van der Waals surface area contributed by atoms with E-state index in [1.165, 1.54) is 51.4 Å². The van der Waals surface area contributed by atoms with Gasteiger partial charge in [-0.3, -0.25) is 0 Å². The molecule has 0 aromatic heterocycles. The summed E-state index contributed by atoms with van der Waals surface area (Å²) in [6.07, 6.45) is 11.1. The lowest BCUT2D eigenvalue weighted by Gasteiger charge is -2.36. The molecule has 2 atom stereocenters. The molecule has 0 aromatic carbocycles. The maximum Gasteiger partial charge on any atom is 0.0726 e. The highest BCUT2D eigenvalue weighted by atomic mass is 16.5. The van der Waals surface area contributed by atoms with Gasteiger partial charge in [-0.1, -0.05) is 39.5 Å². The molecule has 0 heterocycles. The van der Waals surface area contributed by atoms with Crippen LogP contribution in [0.4, 0.5) is 0 Å². The Morgan fingerprint density at radius 3 is 2.35 bits per heavy atom. The zero-order chi connectivity index (χ0) is 12.5. The van der Waals surface area contributed by atoms with E-state index < -0.39 is 0 Å². The molecule has 0 saturated heterocycles. The van der Waals surface area contributed by atoms with Gasteiger partial charge in [0.15, 0.2) is 0 Å². The quantitative estimate of drug-likeness (QED) is 0.699. The standard InChI is InChI=1S/C15H31NO/c1-4-9-14(17-3)15(16-12-5-2)13-10-7-6-8-11-13/h13-16H,4-12H2,1-3H3. The zero-order valence-corrected chi connectivity index (χ0v) is 12.0. The minimum Gasteiger partial charge on any atom is -0.380 e. The summed E-state index contributed by atoms with van der Waals surface area (Å²) in [4.78, 5) is 0. The van der Waals surface area contributed by atoms with Crippen LogP contribution in [0.2, 0.25) is 0 Å². The average molecular weight is 241 g/mol. The molecule has 1 saturated carbocycles. The molecular weight excluding hydrogens is 210 g/mol. The van der Waals surface area contributed by atoms with Gasteiger partial charge in [-0.2, -0.15) is 0 Å². The first-order chi connectivity index (χ1) is 8.33. The highest BCUT2D eigenvalue weighted by Crippen LogP contribution is 2.29. The number of hydrogen-bond acceptors (Lipinski definition) is 2. The van der Waals surface area contributed by atoms with Crippen LogP contribution in [0, 0.1) is 5.92 Å². The van der Waals surface area contributed by atoms with Crippen molar-refractivity contribution in [2.24, 2.45) is 5.92 Å². The second-order valence-electron chi connectivity index (χ2n) is 5.44. The van der Waals surface area contributed by atoms with Crippen molar-refractivity contribution in [3.63, 3.8) is 0 Å². The molecule has 2 unspecified atom stereocenters. The molecular formula is C15H31NO. The Hall–Kier alpha value is -0.0800. The van der Waals surface area contributed by atoms with Crippen molar-refractivity contribution in [2.75, 3.05) is 13.7 Å². The molecule has 0 aromatic rings. The van der Waals surface area contributed by atoms with Crippen LogP contribution in [0.1, 0.15) is 65.2 Å². The van der Waals surface area contributed by atoms with E-state index in [9.17, 15) is 0 Å². The molecule has 0 spiro atoms. The zero-order valence-electron chi connectivity index (χ0n) is 12.0. The van der Waals surface area contributed by atoms with Gasteiger partial charge in [0.05, 0.1) is 6.10 Å². The first-order valence-corrected chi connectivity index (χ1v) is 7.59. The topological polar surface area (TPSA) is 21.3 Å². The largest absolute Gasteiger partial charge is 0.380 e. The Morgan fingerprint density at radius 2 is 1.82 bits per heavy atom. The lowest BCUT2D eigenvalue weighted by Crippen LogP contribution is -2.47. The van der Waals surface area contributed by atoms with E-state index in [0.717, 1.165) is 12.5 Å². The predicted octanol–water partition coefficient (Wildman–Crippen LogP) is 3.75. The number of hydrogen-bond donors (Lipinski definition) is 1. The van der Waals surface area contributed by atoms with E-state index in [-0.39, 0.29) is 0 Å². The second-order valence-corrected chi connectivity index (χ2v) is 5.44. The number of methoxy groups -OCH3 is 1. The minimum absolute atomic E-state index is 0.412. The first-order valence-electron chi connectivity index (χ1n) is 7.59. The van der Waals surface area contributed by atoms with Crippen molar-refractivity contribution >= 4 is 0 Å². The van der Waals surface area contributed by atoms with Gasteiger partial charge in [0.25, 0.3) is 0 Å². The van der Waals surface area contributed by atoms with Gasteiger partial charge in [0.2, 0.25) is 0 Å². The summed E-state index contributed by atoms with van der Waals surface area (Å²) in [6, 6.07) is 0.584. The predicted molar refractivity (Wildman–Crippen MR) is 74.4 cm³/mol. The van der Waals surface area contributed by atoms with E-state index in [1.54, 1.807) is 0 Å². The van der Waals surface area contributed by atoms with Crippen LogP contribution < -0.4 is 5.32 Å². The van der Waals surface area contributed by atoms with Gasteiger partial charge in [0, 0.05) is 13.2 Å². The average Bonchev–Trinajstić information content (AvgIpc) is 2.39. The third kappa shape index (κ3) is 4.97. The van der Waals surface area contributed by atoms with Crippen LogP contribution in [-0.4, -0.2) is 25.8 Å². The highest BCUT2D eigenvalue weighted by molar-refractivity contribution is 4.85. The molecule has 17 heavy (non-hydrogen) atoms. The SMILES string of the molecule is CCCNC(C1CCCCC1)C(CCC)OC. The Bertz CT molecular complexity index is 173. The lowest BCUT2D eigenvalue weighted by molar-refractivity contribution is 0.0330. The van der Waals surface area contributed by atoms with E-state index in [4.69, 9.17) is 4.74 Å².